The van der Waals surface area contributed by atoms with E-state index < -0.39 is 13.8 Å². The smallest absolute Gasteiger partial charge is 0.371 e. The van der Waals surface area contributed by atoms with Crippen LogP contribution in [0.4, 0.5) is 0 Å². The molecule has 0 bridgehead atoms. The minimum atomic E-state index is -4.66. The summed E-state index contributed by atoms with van der Waals surface area (Å²) in [6.45, 7) is 4.57. The van der Waals surface area contributed by atoms with Gasteiger partial charge in [0.2, 0.25) is 0 Å². The van der Waals surface area contributed by atoms with Crippen LogP contribution in [0.2, 0.25) is 0 Å². The van der Waals surface area contributed by atoms with E-state index in [-0.39, 0.29) is 6.42 Å². The highest BCUT2D eigenvalue weighted by Crippen LogP contribution is 2.36. The molecule has 0 radical (unpaired) electrons. The van der Waals surface area contributed by atoms with E-state index in [2.05, 4.69) is 18.4 Å². The zero-order valence-electron chi connectivity index (χ0n) is 15.5. The van der Waals surface area contributed by atoms with Crippen molar-refractivity contribution in [3.63, 3.8) is 0 Å². The Balaban J connectivity index is 3.18. The van der Waals surface area contributed by atoms with Gasteiger partial charge in [-0.1, -0.05) is 90.9 Å². The monoisotopic (exact) mass is 364 g/mol. The lowest BCUT2D eigenvalue weighted by molar-refractivity contribution is -0.135. The molecule has 2 N–H and O–H groups in total. The maximum absolute atomic E-state index is 11.1. The van der Waals surface area contributed by atoms with Gasteiger partial charge < -0.3 is 4.52 Å². The topological polar surface area (TPSA) is 83.8 Å². The van der Waals surface area contributed by atoms with Crippen molar-refractivity contribution in [3.05, 3.63) is 0 Å². The van der Waals surface area contributed by atoms with Crippen molar-refractivity contribution in [2.45, 2.75) is 104 Å². The summed E-state index contributed by atoms with van der Waals surface area (Å²) in [7, 11) is -4.66. The summed E-state index contributed by atoms with van der Waals surface area (Å²) in [4.78, 5) is 28.0. The van der Waals surface area contributed by atoms with E-state index >= 15 is 0 Å². The van der Waals surface area contributed by atoms with Crippen molar-refractivity contribution in [1.29, 1.82) is 0 Å². The minimum Gasteiger partial charge on any atom is -0.371 e. The van der Waals surface area contributed by atoms with Crippen LogP contribution in [0, 0.1) is 5.92 Å². The molecule has 0 fully saturated rings. The summed E-state index contributed by atoms with van der Waals surface area (Å²) in [5.74, 6) is 0.0263. The first-order valence-electron chi connectivity index (χ1n) is 9.59. The Morgan fingerprint density at radius 1 is 0.792 bits per heavy atom. The molecule has 144 valence electrons. The minimum absolute atomic E-state index is 0.0852. The molecule has 0 aliphatic heterocycles. The van der Waals surface area contributed by atoms with Gasteiger partial charge in [-0.05, 0) is 12.3 Å². The Bertz CT molecular complexity index is 351. The van der Waals surface area contributed by atoms with Gasteiger partial charge in [0.1, 0.15) is 0 Å². The molecule has 0 aromatic rings. The molecule has 0 atom stereocenters. The normalized spacial score (nSPS) is 11.9. The average molecular weight is 364 g/mol. The maximum Gasteiger partial charge on any atom is 0.526 e. The molecule has 0 saturated carbocycles. The Hall–Kier alpha value is -0.380. The van der Waals surface area contributed by atoms with Crippen LogP contribution in [0.25, 0.3) is 0 Å². The van der Waals surface area contributed by atoms with Gasteiger partial charge in [0.15, 0.2) is 0 Å². The largest absolute Gasteiger partial charge is 0.526 e. The van der Waals surface area contributed by atoms with Crippen molar-refractivity contribution in [2.24, 2.45) is 5.92 Å². The predicted octanol–water partition coefficient (Wildman–Crippen LogP) is 5.74. The third-order valence-electron chi connectivity index (χ3n) is 4.13. The van der Waals surface area contributed by atoms with Gasteiger partial charge in [-0.15, -0.1) is 0 Å². The maximum atomic E-state index is 11.1. The van der Waals surface area contributed by atoms with Gasteiger partial charge in [-0.25, -0.2) is 4.57 Å². The fraction of sp³-hybridized carbons (Fsp3) is 0.944. The number of hydrogen-bond donors (Lipinski definition) is 2. The van der Waals surface area contributed by atoms with E-state index in [0.717, 1.165) is 18.8 Å². The molecule has 0 heterocycles. The first kappa shape index (κ1) is 23.6. The number of carbonyl (C=O) groups is 1. The summed E-state index contributed by atoms with van der Waals surface area (Å²) in [6.07, 6.45) is 15.9. The molecule has 0 aliphatic carbocycles. The van der Waals surface area contributed by atoms with Crippen molar-refractivity contribution < 1.29 is 23.7 Å². The van der Waals surface area contributed by atoms with Gasteiger partial charge in [0.25, 0.3) is 0 Å². The lowest BCUT2D eigenvalue weighted by Crippen LogP contribution is -2.01. The third-order valence-corrected chi connectivity index (χ3v) is 4.57. The summed E-state index contributed by atoms with van der Waals surface area (Å²) < 4.78 is 14.4. The van der Waals surface area contributed by atoms with Crippen molar-refractivity contribution >= 4 is 13.8 Å². The van der Waals surface area contributed by atoms with Crippen LogP contribution in [0.3, 0.4) is 0 Å². The van der Waals surface area contributed by atoms with Gasteiger partial charge in [-0.2, -0.15) is 0 Å². The van der Waals surface area contributed by atoms with E-state index in [1.54, 1.807) is 0 Å². The molecule has 0 aromatic carbocycles. The summed E-state index contributed by atoms with van der Waals surface area (Å²) in [5, 5.41) is 0. The first-order chi connectivity index (χ1) is 11.3. The van der Waals surface area contributed by atoms with Crippen molar-refractivity contribution in [3.8, 4) is 0 Å². The lowest BCUT2D eigenvalue weighted by atomic mass is 10.0. The van der Waals surface area contributed by atoms with Crippen LogP contribution in [0.1, 0.15) is 104 Å². The van der Waals surface area contributed by atoms with Crippen molar-refractivity contribution in [1.82, 2.24) is 0 Å². The Morgan fingerprint density at radius 3 is 1.54 bits per heavy atom. The summed E-state index contributed by atoms with van der Waals surface area (Å²) >= 11 is 0. The van der Waals surface area contributed by atoms with Crippen LogP contribution in [0.15, 0.2) is 0 Å². The van der Waals surface area contributed by atoms with Gasteiger partial charge in [0.05, 0.1) is 0 Å². The fourth-order valence-electron chi connectivity index (χ4n) is 2.77. The van der Waals surface area contributed by atoms with E-state index in [0.29, 0.717) is 6.42 Å². The standard InChI is InChI=1S/C18H37O5P/c1-17(2)15-13-11-9-7-5-3-4-6-8-10-12-14-16-18(19)23-24(20,21)22/h17H,3-16H2,1-2H3,(H2,20,21,22). The second-order valence-electron chi connectivity index (χ2n) is 7.13. The van der Waals surface area contributed by atoms with E-state index in [4.69, 9.17) is 9.79 Å². The zero-order valence-corrected chi connectivity index (χ0v) is 16.4. The van der Waals surface area contributed by atoms with Crippen molar-refractivity contribution in [2.75, 3.05) is 0 Å². The lowest BCUT2D eigenvalue weighted by Gasteiger charge is -2.05. The molecule has 0 aromatic heterocycles. The van der Waals surface area contributed by atoms with E-state index in [1.165, 1.54) is 64.2 Å². The Labute approximate surface area is 147 Å². The number of rotatable bonds is 16. The first-order valence-corrected chi connectivity index (χ1v) is 11.1. The highest BCUT2D eigenvalue weighted by atomic mass is 31.2. The molecule has 0 amide bonds. The quantitative estimate of drug-likeness (QED) is 0.269. The number of hydrogen-bond acceptors (Lipinski definition) is 3. The highest BCUT2D eigenvalue weighted by Gasteiger charge is 2.19. The van der Waals surface area contributed by atoms with Crippen LogP contribution in [-0.2, 0) is 13.9 Å². The molecular formula is C18H37O5P. The number of unbranched alkanes of at least 4 members (excludes halogenated alkanes) is 11. The molecule has 5 nitrogen and oxygen atoms in total. The summed E-state index contributed by atoms with van der Waals surface area (Å²) in [5.41, 5.74) is 0. The Morgan fingerprint density at radius 2 is 1.17 bits per heavy atom. The van der Waals surface area contributed by atoms with E-state index in [9.17, 15) is 9.36 Å². The molecule has 0 rings (SSSR count). The number of carbonyl (C=O) groups excluding carboxylic acids is 1. The molecule has 24 heavy (non-hydrogen) atoms. The van der Waals surface area contributed by atoms with Crippen LogP contribution < -0.4 is 0 Å². The molecule has 6 heteroatoms. The molecule has 0 spiro atoms. The molecular weight excluding hydrogens is 327 g/mol. The SMILES string of the molecule is CC(C)CCCCCCCCCCCCCCC(=O)OP(=O)(O)O. The Kier molecular flexibility index (Phi) is 14.7. The molecule has 0 saturated heterocycles. The summed E-state index contributed by atoms with van der Waals surface area (Å²) in [6, 6.07) is 0. The van der Waals surface area contributed by atoms with Gasteiger partial charge >= 0.3 is 13.8 Å². The molecule has 0 unspecified atom stereocenters. The predicted molar refractivity (Wildman–Crippen MR) is 97.6 cm³/mol. The number of phosphoric ester groups is 1. The van der Waals surface area contributed by atoms with Gasteiger partial charge in [-0.3, -0.25) is 14.6 Å². The highest BCUT2D eigenvalue weighted by molar-refractivity contribution is 7.46. The average Bonchev–Trinajstić information content (AvgIpc) is 2.45. The second kappa shape index (κ2) is 14.9. The van der Waals surface area contributed by atoms with Crippen LogP contribution in [0.5, 0.6) is 0 Å². The second-order valence-corrected chi connectivity index (χ2v) is 8.29. The number of phosphoric acid groups is 1. The fourth-order valence-corrected chi connectivity index (χ4v) is 3.12. The van der Waals surface area contributed by atoms with Gasteiger partial charge in [0, 0.05) is 6.42 Å². The third kappa shape index (κ3) is 19.7. The van der Waals surface area contributed by atoms with E-state index in [1.807, 2.05) is 0 Å². The van der Waals surface area contributed by atoms with Crippen LogP contribution in [-0.4, -0.2) is 15.8 Å². The molecule has 0 aliphatic rings. The van der Waals surface area contributed by atoms with Crippen LogP contribution >= 0.6 is 7.82 Å². The zero-order chi connectivity index (χ0) is 18.3.